The van der Waals surface area contributed by atoms with Gasteiger partial charge in [-0.05, 0) is 62.7 Å². The van der Waals surface area contributed by atoms with Crippen LogP contribution in [0, 0.1) is 5.92 Å². The smallest absolute Gasteiger partial charge is 0.0478 e. The second-order valence-corrected chi connectivity index (χ2v) is 7.32. The van der Waals surface area contributed by atoms with Crippen molar-refractivity contribution in [2.24, 2.45) is 5.92 Å². The van der Waals surface area contributed by atoms with Gasteiger partial charge in [-0.1, -0.05) is 38.1 Å². The fraction of sp³-hybridized carbons (Fsp3) is 0.684. The SMILES string of the molecule is CNC1c2ccccc2C(C)CC1N1CCC(C)CC1C. The second kappa shape index (κ2) is 6.10. The fourth-order valence-corrected chi connectivity index (χ4v) is 4.67. The van der Waals surface area contributed by atoms with Crippen molar-refractivity contribution in [2.75, 3.05) is 13.6 Å². The first kappa shape index (κ1) is 15.1. The average molecular weight is 286 g/mol. The molecule has 1 heterocycles. The van der Waals surface area contributed by atoms with E-state index in [1.165, 1.54) is 31.4 Å². The molecule has 0 radical (unpaired) electrons. The van der Waals surface area contributed by atoms with Gasteiger partial charge in [0.2, 0.25) is 0 Å². The minimum Gasteiger partial charge on any atom is -0.312 e. The van der Waals surface area contributed by atoms with Crippen LogP contribution in [0.1, 0.15) is 63.1 Å². The first-order valence-corrected chi connectivity index (χ1v) is 8.63. The highest BCUT2D eigenvalue weighted by Crippen LogP contribution is 2.41. The Bertz CT molecular complexity index is 484. The lowest BCUT2D eigenvalue weighted by molar-refractivity contribution is 0.0505. The van der Waals surface area contributed by atoms with Crippen molar-refractivity contribution in [1.29, 1.82) is 0 Å². The Hall–Kier alpha value is -0.860. The van der Waals surface area contributed by atoms with E-state index in [9.17, 15) is 0 Å². The summed E-state index contributed by atoms with van der Waals surface area (Å²) in [5.41, 5.74) is 3.07. The summed E-state index contributed by atoms with van der Waals surface area (Å²) < 4.78 is 0. The summed E-state index contributed by atoms with van der Waals surface area (Å²) in [5.74, 6) is 1.56. The zero-order chi connectivity index (χ0) is 15.0. The molecule has 5 atom stereocenters. The Morgan fingerprint density at radius 1 is 1.05 bits per heavy atom. The molecule has 5 unspecified atom stereocenters. The molecule has 2 nitrogen and oxygen atoms in total. The van der Waals surface area contributed by atoms with Crippen LogP contribution in [0.3, 0.4) is 0 Å². The Morgan fingerprint density at radius 3 is 2.43 bits per heavy atom. The maximum Gasteiger partial charge on any atom is 0.0478 e. The van der Waals surface area contributed by atoms with E-state index in [1.807, 2.05) is 0 Å². The van der Waals surface area contributed by atoms with Crippen LogP contribution in [0.4, 0.5) is 0 Å². The number of nitrogens with zero attached hydrogens (tertiary/aromatic N) is 1. The number of piperidine rings is 1. The molecule has 0 bridgehead atoms. The Morgan fingerprint density at radius 2 is 1.76 bits per heavy atom. The number of rotatable bonds is 2. The number of likely N-dealkylation sites (tertiary alicyclic amines) is 1. The van der Waals surface area contributed by atoms with Gasteiger partial charge in [0.15, 0.2) is 0 Å². The van der Waals surface area contributed by atoms with E-state index >= 15 is 0 Å². The molecule has 1 aromatic rings. The number of fused-ring (bicyclic) bond motifs is 1. The van der Waals surface area contributed by atoms with E-state index in [0.717, 1.165) is 5.92 Å². The summed E-state index contributed by atoms with van der Waals surface area (Å²) in [5, 5.41) is 3.62. The van der Waals surface area contributed by atoms with Gasteiger partial charge in [-0.15, -0.1) is 0 Å². The van der Waals surface area contributed by atoms with E-state index in [1.54, 1.807) is 5.56 Å². The molecule has 1 N–H and O–H groups in total. The van der Waals surface area contributed by atoms with Gasteiger partial charge >= 0.3 is 0 Å². The Kier molecular flexibility index (Phi) is 4.37. The topological polar surface area (TPSA) is 15.3 Å². The first-order chi connectivity index (χ1) is 10.1. The second-order valence-electron chi connectivity index (χ2n) is 7.32. The van der Waals surface area contributed by atoms with Crippen LogP contribution < -0.4 is 5.32 Å². The van der Waals surface area contributed by atoms with E-state index in [-0.39, 0.29) is 0 Å². The summed E-state index contributed by atoms with van der Waals surface area (Å²) in [6.07, 6.45) is 3.98. The number of likely N-dealkylation sites (N-methyl/N-ethyl adjacent to an activating group) is 1. The monoisotopic (exact) mass is 286 g/mol. The maximum absolute atomic E-state index is 3.62. The summed E-state index contributed by atoms with van der Waals surface area (Å²) >= 11 is 0. The molecule has 2 aliphatic rings. The molecule has 1 saturated heterocycles. The highest BCUT2D eigenvalue weighted by molar-refractivity contribution is 5.36. The van der Waals surface area contributed by atoms with Crippen LogP contribution in [-0.2, 0) is 0 Å². The number of nitrogens with one attached hydrogen (secondary N) is 1. The summed E-state index contributed by atoms with van der Waals surface area (Å²) in [6, 6.07) is 10.9. The predicted octanol–water partition coefficient (Wildman–Crippen LogP) is 3.94. The largest absolute Gasteiger partial charge is 0.312 e. The van der Waals surface area contributed by atoms with E-state index in [2.05, 4.69) is 62.3 Å². The third kappa shape index (κ3) is 2.76. The van der Waals surface area contributed by atoms with Gasteiger partial charge in [0, 0.05) is 18.1 Å². The molecule has 2 heteroatoms. The van der Waals surface area contributed by atoms with Crippen LogP contribution in [0.5, 0.6) is 0 Å². The molecule has 1 aliphatic carbocycles. The van der Waals surface area contributed by atoms with Gasteiger partial charge in [-0.3, -0.25) is 4.90 Å². The van der Waals surface area contributed by atoms with Gasteiger partial charge in [0.05, 0.1) is 0 Å². The van der Waals surface area contributed by atoms with Crippen molar-refractivity contribution in [1.82, 2.24) is 10.2 Å². The van der Waals surface area contributed by atoms with Crippen molar-refractivity contribution in [3.8, 4) is 0 Å². The van der Waals surface area contributed by atoms with Crippen LogP contribution in [-0.4, -0.2) is 30.6 Å². The number of hydrogen-bond donors (Lipinski definition) is 1. The molecule has 0 amide bonds. The number of hydrogen-bond acceptors (Lipinski definition) is 2. The zero-order valence-electron chi connectivity index (χ0n) is 14.0. The lowest BCUT2D eigenvalue weighted by Crippen LogP contribution is -2.53. The van der Waals surface area contributed by atoms with E-state index in [0.29, 0.717) is 24.0 Å². The molecule has 1 fully saturated rings. The molecule has 3 rings (SSSR count). The lowest BCUT2D eigenvalue weighted by Gasteiger charge is -2.48. The third-order valence-electron chi connectivity index (χ3n) is 5.77. The zero-order valence-corrected chi connectivity index (χ0v) is 14.0. The van der Waals surface area contributed by atoms with Crippen LogP contribution in [0.2, 0.25) is 0 Å². The van der Waals surface area contributed by atoms with Crippen LogP contribution in [0.15, 0.2) is 24.3 Å². The van der Waals surface area contributed by atoms with Crippen molar-refractivity contribution in [3.05, 3.63) is 35.4 Å². The minimum atomic E-state index is 0.480. The lowest BCUT2D eigenvalue weighted by atomic mass is 9.76. The molecule has 0 spiro atoms. The van der Waals surface area contributed by atoms with Gasteiger partial charge in [0.25, 0.3) is 0 Å². The van der Waals surface area contributed by atoms with Crippen LogP contribution in [0.25, 0.3) is 0 Å². The quantitative estimate of drug-likeness (QED) is 0.886. The molecule has 116 valence electrons. The van der Waals surface area contributed by atoms with Crippen molar-refractivity contribution < 1.29 is 0 Å². The van der Waals surface area contributed by atoms with Gasteiger partial charge < -0.3 is 5.32 Å². The predicted molar refractivity (Wildman–Crippen MR) is 89.6 cm³/mol. The summed E-state index contributed by atoms with van der Waals surface area (Å²) in [7, 11) is 2.13. The highest BCUT2D eigenvalue weighted by Gasteiger charge is 2.38. The summed E-state index contributed by atoms with van der Waals surface area (Å²) in [4.78, 5) is 2.79. The van der Waals surface area contributed by atoms with Gasteiger partial charge in [0.1, 0.15) is 0 Å². The minimum absolute atomic E-state index is 0.480. The van der Waals surface area contributed by atoms with Gasteiger partial charge in [-0.25, -0.2) is 0 Å². The summed E-state index contributed by atoms with van der Waals surface area (Å²) in [6.45, 7) is 8.49. The maximum atomic E-state index is 3.62. The van der Waals surface area contributed by atoms with E-state index < -0.39 is 0 Å². The van der Waals surface area contributed by atoms with Crippen molar-refractivity contribution >= 4 is 0 Å². The third-order valence-corrected chi connectivity index (χ3v) is 5.77. The number of benzene rings is 1. The highest BCUT2D eigenvalue weighted by atomic mass is 15.2. The fourth-order valence-electron chi connectivity index (χ4n) is 4.67. The molecular weight excluding hydrogens is 256 g/mol. The molecule has 21 heavy (non-hydrogen) atoms. The standard InChI is InChI=1S/C19H30N2/c1-13-9-10-21(15(3)11-13)18-12-14(2)16-7-5-6-8-17(16)19(18)20-4/h5-8,13-15,18-20H,9-12H2,1-4H3. The van der Waals surface area contributed by atoms with Gasteiger partial charge in [-0.2, -0.15) is 0 Å². The van der Waals surface area contributed by atoms with E-state index in [4.69, 9.17) is 0 Å². The Balaban J connectivity index is 1.89. The van der Waals surface area contributed by atoms with Crippen molar-refractivity contribution in [3.63, 3.8) is 0 Å². The molecular formula is C19H30N2. The first-order valence-electron chi connectivity index (χ1n) is 8.63. The van der Waals surface area contributed by atoms with Crippen LogP contribution >= 0.6 is 0 Å². The molecule has 1 aromatic carbocycles. The van der Waals surface area contributed by atoms with Crippen molar-refractivity contribution in [2.45, 2.75) is 64.1 Å². The Labute approximate surface area is 129 Å². The molecule has 0 saturated carbocycles. The molecule has 1 aliphatic heterocycles. The normalized spacial score (nSPS) is 37.2. The average Bonchev–Trinajstić information content (AvgIpc) is 2.47. The molecule has 0 aromatic heterocycles.